The smallest absolute Gasteiger partial charge is 0.416 e. The molecule has 0 N–H and O–H groups in total. The first-order valence-corrected chi connectivity index (χ1v) is 16.6. The standard InChI is InChI=1S/C39H48F3NO2/c1-28(19-23-37(2,3)4)25-29-11-13-32(14-12-29)38(21-8-22-38)36(44)43-24-20-35(30-9-6-5-7-10-30)31(26-43)27-45-34-17-15-33(16-18-34)39(40,41)42/h5-7,9-18,28,31,35H,8,19-27H2,1-4H3. The molecular formula is C39H48F3NO2. The molecule has 3 unspecified atom stereocenters. The van der Waals surface area contributed by atoms with E-state index in [4.69, 9.17) is 4.74 Å². The van der Waals surface area contributed by atoms with Crippen LogP contribution in [0.15, 0.2) is 78.9 Å². The van der Waals surface area contributed by atoms with Crippen molar-refractivity contribution in [3.8, 4) is 5.75 Å². The molecule has 1 heterocycles. The Bertz CT molecular complexity index is 1390. The fourth-order valence-electron chi connectivity index (χ4n) is 7.07. The lowest BCUT2D eigenvalue weighted by atomic mass is 9.63. The molecule has 5 rings (SSSR count). The monoisotopic (exact) mass is 619 g/mol. The SMILES string of the molecule is CC(CCC(C)(C)C)Cc1ccc(C2(C(=O)N3CCC(c4ccccc4)C(COc4ccc(C(F)(F)F)cc4)C3)CCC2)cc1. The number of likely N-dealkylation sites (tertiary alicyclic amines) is 1. The minimum Gasteiger partial charge on any atom is -0.493 e. The molecule has 1 amide bonds. The minimum absolute atomic E-state index is 0.0153. The molecule has 3 aromatic rings. The molecule has 0 spiro atoms. The number of hydrogen-bond donors (Lipinski definition) is 0. The summed E-state index contributed by atoms with van der Waals surface area (Å²) in [6, 6.07) is 24.0. The van der Waals surface area contributed by atoms with Crippen LogP contribution in [0.4, 0.5) is 13.2 Å². The van der Waals surface area contributed by atoms with Gasteiger partial charge in [-0.3, -0.25) is 4.79 Å². The van der Waals surface area contributed by atoms with Gasteiger partial charge in [-0.05, 0) is 96.7 Å². The fraction of sp³-hybridized carbons (Fsp3) is 0.513. The van der Waals surface area contributed by atoms with E-state index in [0.29, 0.717) is 36.8 Å². The van der Waals surface area contributed by atoms with E-state index >= 15 is 0 Å². The Morgan fingerprint density at radius 1 is 0.956 bits per heavy atom. The first kappa shape index (κ1) is 33.1. The molecule has 2 fully saturated rings. The number of benzene rings is 3. The largest absolute Gasteiger partial charge is 0.493 e. The first-order valence-electron chi connectivity index (χ1n) is 16.6. The molecule has 3 nitrogen and oxygen atoms in total. The third-order valence-corrected chi connectivity index (χ3v) is 9.99. The molecule has 0 aromatic heterocycles. The van der Waals surface area contributed by atoms with Crippen molar-refractivity contribution >= 4 is 5.91 Å². The Morgan fingerprint density at radius 3 is 2.20 bits per heavy atom. The number of ether oxygens (including phenoxy) is 1. The molecule has 242 valence electrons. The summed E-state index contributed by atoms with van der Waals surface area (Å²) in [6.45, 7) is 10.8. The normalized spacial score (nSPS) is 20.7. The predicted molar refractivity (Wildman–Crippen MR) is 174 cm³/mol. The Labute approximate surface area is 267 Å². The average Bonchev–Trinajstić information content (AvgIpc) is 2.99. The van der Waals surface area contributed by atoms with E-state index in [1.165, 1.54) is 36.1 Å². The topological polar surface area (TPSA) is 29.5 Å². The van der Waals surface area contributed by atoms with Crippen LogP contribution in [-0.2, 0) is 22.8 Å². The number of carbonyl (C=O) groups excluding carboxylic acids is 1. The minimum atomic E-state index is -4.39. The quantitative estimate of drug-likeness (QED) is 0.226. The number of amides is 1. The lowest BCUT2D eigenvalue weighted by molar-refractivity contribution is -0.143. The van der Waals surface area contributed by atoms with E-state index in [1.54, 1.807) is 0 Å². The molecule has 2 aliphatic rings. The molecule has 1 saturated carbocycles. The van der Waals surface area contributed by atoms with E-state index in [2.05, 4.69) is 64.1 Å². The predicted octanol–water partition coefficient (Wildman–Crippen LogP) is 9.84. The molecular weight excluding hydrogens is 571 g/mol. The second-order valence-electron chi connectivity index (χ2n) is 14.7. The highest BCUT2D eigenvalue weighted by Crippen LogP contribution is 2.47. The summed E-state index contributed by atoms with van der Waals surface area (Å²) in [4.78, 5) is 16.3. The van der Waals surface area contributed by atoms with Crippen LogP contribution < -0.4 is 4.74 Å². The number of piperidine rings is 1. The maximum Gasteiger partial charge on any atom is 0.416 e. The van der Waals surface area contributed by atoms with E-state index in [1.807, 2.05) is 23.1 Å². The maximum absolute atomic E-state index is 14.3. The van der Waals surface area contributed by atoms with Crippen LogP contribution in [-0.4, -0.2) is 30.5 Å². The van der Waals surface area contributed by atoms with Gasteiger partial charge < -0.3 is 9.64 Å². The molecule has 0 bridgehead atoms. The van der Waals surface area contributed by atoms with Crippen LogP contribution in [0.3, 0.4) is 0 Å². The number of hydrogen-bond acceptors (Lipinski definition) is 2. The summed E-state index contributed by atoms with van der Waals surface area (Å²) in [5, 5.41) is 0. The molecule has 3 atom stereocenters. The molecule has 0 radical (unpaired) electrons. The Kier molecular flexibility index (Phi) is 10.0. The van der Waals surface area contributed by atoms with Crippen molar-refractivity contribution < 1.29 is 22.7 Å². The Hall–Kier alpha value is -3.28. The zero-order chi connectivity index (χ0) is 32.2. The van der Waals surface area contributed by atoms with Crippen molar-refractivity contribution in [3.05, 3.63) is 101 Å². The number of rotatable bonds is 10. The van der Waals surface area contributed by atoms with E-state index in [9.17, 15) is 18.0 Å². The highest BCUT2D eigenvalue weighted by atomic mass is 19.4. The van der Waals surface area contributed by atoms with Crippen LogP contribution in [0.1, 0.15) is 94.4 Å². The summed E-state index contributed by atoms with van der Waals surface area (Å²) in [5.41, 5.74) is 2.82. The Balaban J connectivity index is 1.28. The number of halogens is 3. The third-order valence-electron chi connectivity index (χ3n) is 9.99. The number of carbonyl (C=O) groups is 1. The van der Waals surface area contributed by atoms with Gasteiger partial charge in [0.2, 0.25) is 5.91 Å². The number of nitrogens with zero attached hydrogens (tertiary/aromatic N) is 1. The van der Waals surface area contributed by atoms with Gasteiger partial charge in [-0.1, -0.05) is 88.7 Å². The first-order chi connectivity index (χ1) is 21.3. The van der Waals surface area contributed by atoms with Gasteiger partial charge in [-0.25, -0.2) is 0 Å². The van der Waals surface area contributed by atoms with Crippen molar-refractivity contribution in [2.75, 3.05) is 19.7 Å². The zero-order valence-electron chi connectivity index (χ0n) is 27.2. The highest BCUT2D eigenvalue weighted by molar-refractivity contribution is 5.89. The highest BCUT2D eigenvalue weighted by Gasteiger charge is 2.49. The van der Waals surface area contributed by atoms with Crippen molar-refractivity contribution in [2.24, 2.45) is 17.3 Å². The van der Waals surface area contributed by atoms with Crippen LogP contribution in [0, 0.1) is 17.3 Å². The third kappa shape index (κ3) is 8.12. The van der Waals surface area contributed by atoms with Crippen molar-refractivity contribution in [1.82, 2.24) is 4.90 Å². The van der Waals surface area contributed by atoms with Crippen molar-refractivity contribution in [3.63, 3.8) is 0 Å². The van der Waals surface area contributed by atoms with Crippen LogP contribution in [0.25, 0.3) is 0 Å². The lowest BCUT2D eigenvalue weighted by Crippen LogP contribution is -2.55. The van der Waals surface area contributed by atoms with Gasteiger partial charge in [-0.2, -0.15) is 13.2 Å². The van der Waals surface area contributed by atoms with E-state index < -0.39 is 17.2 Å². The molecule has 6 heteroatoms. The molecule has 3 aromatic carbocycles. The van der Waals surface area contributed by atoms with Crippen LogP contribution >= 0.6 is 0 Å². The lowest BCUT2D eigenvalue weighted by Gasteiger charge is -2.47. The van der Waals surface area contributed by atoms with Gasteiger partial charge >= 0.3 is 6.18 Å². The zero-order valence-corrected chi connectivity index (χ0v) is 27.2. The fourth-order valence-corrected chi connectivity index (χ4v) is 7.07. The maximum atomic E-state index is 14.3. The van der Waals surface area contributed by atoms with Gasteiger partial charge in [0.05, 0.1) is 17.6 Å². The van der Waals surface area contributed by atoms with Gasteiger partial charge in [0.15, 0.2) is 0 Å². The number of alkyl halides is 3. The molecule has 45 heavy (non-hydrogen) atoms. The van der Waals surface area contributed by atoms with Crippen LogP contribution in [0.5, 0.6) is 5.75 Å². The summed E-state index contributed by atoms with van der Waals surface area (Å²) in [7, 11) is 0. The second kappa shape index (κ2) is 13.6. The van der Waals surface area contributed by atoms with Gasteiger partial charge in [0.25, 0.3) is 0 Å². The van der Waals surface area contributed by atoms with Crippen molar-refractivity contribution in [1.29, 1.82) is 0 Å². The van der Waals surface area contributed by atoms with Crippen LogP contribution in [0.2, 0.25) is 0 Å². The van der Waals surface area contributed by atoms with Gasteiger partial charge in [-0.15, -0.1) is 0 Å². The van der Waals surface area contributed by atoms with Gasteiger partial charge in [0.1, 0.15) is 5.75 Å². The summed E-state index contributed by atoms with van der Waals surface area (Å²) in [6.07, 6.45) is 2.65. The Morgan fingerprint density at radius 2 is 1.62 bits per heavy atom. The molecule has 1 aliphatic carbocycles. The molecule has 1 aliphatic heterocycles. The summed E-state index contributed by atoms with van der Waals surface area (Å²) in [5.74, 6) is 1.43. The average molecular weight is 620 g/mol. The second-order valence-corrected chi connectivity index (χ2v) is 14.7. The van der Waals surface area contributed by atoms with Crippen molar-refractivity contribution in [2.45, 2.75) is 90.1 Å². The molecule has 1 saturated heterocycles. The summed E-state index contributed by atoms with van der Waals surface area (Å²) < 4.78 is 45.3. The van der Waals surface area contributed by atoms with E-state index in [0.717, 1.165) is 49.8 Å². The van der Waals surface area contributed by atoms with Gasteiger partial charge in [0, 0.05) is 19.0 Å². The van der Waals surface area contributed by atoms with E-state index in [-0.39, 0.29) is 17.7 Å². The summed E-state index contributed by atoms with van der Waals surface area (Å²) >= 11 is 0.